The van der Waals surface area contributed by atoms with Crippen LogP contribution in [0.2, 0.25) is 0 Å². The second kappa shape index (κ2) is 5.05. The molecule has 6 nitrogen and oxygen atoms in total. The minimum atomic E-state index is -1.12. The van der Waals surface area contributed by atoms with E-state index in [1.807, 2.05) is 0 Å². The number of amides is 1. The Balaban J connectivity index is 2.01. The summed E-state index contributed by atoms with van der Waals surface area (Å²) in [4.78, 5) is 27.3. The van der Waals surface area contributed by atoms with Crippen molar-refractivity contribution in [2.45, 2.75) is 19.1 Å². The van der Waals surface area contributed by atoms with Crippen molar-refractivity contribution in [1.29, 1.82) is 0 Å². The minimum Gasteiger partial charge on any atom is -0.497 e. The van der Waals surface area contributed by atoms with Crippen molar-refractivity contribution >= 4 is 11.9 Å². The van der Waals surface area contributed by atoms with Crippen molar-refractivity contribution in [3.8, 4) is 5.75 Å². The number of carboxylic acid groups (broad SMARTS) is 1. The van der Waals surface area contributed by atoms with Gasteiger partial charge in [-0.25, -0.2) is 9.86 Å². The lowest BCUT2D eigenvalue weighted by Gasteiger charge is -2.15. The summed E-state index contributed by atoms with van der Waals surface area (Å²) in [6, 6.07) is 7.13. The molecular weight excluding hydrogens is 238 g/mol. The summed E-state index contributed by atoms with van der Waals surface area (Å²) in [5, 5.41) is 9.85. The number of nitrogens with zero attached hydrogens (tertiary/aromatic N) is 1. The molecule has 0 aliphatic carbocycles. The average Bonchev–Trinajstić information content (AvgIpc) is 2.72. The van der Waals surface area contributed by atoms with Crippen LogP contribution in [0.1, 0.15) is 12.0 Å². The minimum absolute atomic E-state index is 0.120. The lowest BCUT2D eigenvalue weighted by Crippen LogP contribution is -2.25. The number of rotatable bonds is 4. The van der Waals surface area contributed by atoms with Gasteiger partial charge >= 0.3 is 5.97 Å². The van der Waals surface area contributed by atoms with E-state index in [2.05, 4.69) is 0 Å². The average molecular weight is 251 g/mol. The van der Waals surface area contributed by atoms with Gasteiger partial charge in [-0.1, -0.05) is 12.1 Å². The number of aliphatic carboxylic acids is 1. The number of carbonyl (C=O) groups is 2. The van der Waals surface area contributed by atoms with Crippen LogP contribution in [0.15, 0.2) is 24.3 Å². The Labute approximate surface area is 104 Å². The van der Waals surface area contributed by atoms with E-state index in [4.69, 9.17) is 14.7 Å². The fraction of sp³-hybridized carbons (Fsp3) is 0.333. The Kier molecular flexibility index (Phi) is 3.47. The summed E-state index contributed by atoms with van der Waals surface area (Å²) in [6.45, 7) is 0.229. The Morgan fingerprint density at radius 1 is 1.50 bits per heavy atom. The van der Waals surface area contributed by atoms with E-state index >= 15 is 0 Å². The molecule has 1 N–H and O–H groups in total. The Hall–Kier alpha value is -2.08. The first-order chi connectivity index (χ1) is 8.60. The van der Waals surface area contributed by atoms with E-state index in [0.717, 1.165) is 16.4 Å². The molecule has 1 aliphatic heterocycles. The van der Waals surface area contributed by atoms with Gasteiger partial charge in [0.1, 0.15) is 5.75 Å². The number of ether oxygens (including phenoxy) is 1. The summed E-state index contributed by atoms with van der Waals surface area (Å²) in [5.74, 6) is -0.727. The summed E-state index contributed by atoms with van der Waals surface area (Å²) in [6.07, 6.45) is -1.19. The number of hydrogen-bond acceptors (Lipinski definition) is 4. The van der Waals surface area contributed by atoms with E-state index in [-0.39, 0.29) is 18.9 Å². The molecular formula is C12H13NO5. The van der Waals surface area contributed by atoms with E-state index in [1.165, 1.54) is 0 Å². The molecule has 1 unspecified atom stereocenters. The molecule has 0 bridgehead atoms. The number of hydroxylamine groups is 2. The summed E-state index contributed by atoms with van der Waals surface area (Å²) < 4.78 is 5.02. The SMILES string of the molecule is COc1ccc(CN2OC(C(=O)O)CC2=O)cc1. The summed E-state index contributed by atoms with van der Waals surface area (Å²) in [5.41, 5.74) is 0.843. The number of hydrogen-bond donors (Lipinski definition) is 1. The zero-order chi connectivity index (χ0) is 13.1. The third-order valence-corrected chi connectivity index (χ3v) is 2.65. The molecule has 1 heterocycles. The van der Waals surface area contributed by atoms with Gasteiger partial charge in [0.05, 0.1) is 20.1 Å². The van der Waals surface area contributed by atoms with Crippen molar-refractivity contribution in [3.63, 3.8) is 0 Å². The Morgan fingerprint density at radius 2 is 2.17 bits per heavy atom. The zero-order valence-corrected chi connectivity index (χ0v) is 9.83. The molecule has 6 heteroatoms. The highest BCUT2D eigenvalue weighted by atomic mass is 16.7. The zero-order valence-electron chi connectivity index (χ0n) is 9.83. The second-order valence-electron chi connectivity index (χ2n) is 3.91. The molecule has 1 atom stereocenters. The highest BCUT2D eigenvalue weighted by Crippen LogP contribution is 2.19. The van der Waals surface area contributed by atoms with E-state index < -0.39 is 12.1 Å². The second-order valence-corrected chi connectivity index (χ2v) is 3.91. The van der Waals surface area contributed by atoms with Gasteiger partial charge in [0, 0.05) is 0 Å². The Bertz CT molecular complexity index is 456. The molecule has 0 saturated carbocycles. The maximum Gasteiger partial charge on any atom is 0.336 e. The molecule has 1 saturated heterocycles. The molecule has 1 aromatic rings. The smallest absolute Gasteiger partial charge is 0.336 e. The van der Waals surface area contributed by atoms with Crippen LogP contribution in [-0.2, 0) is 21.0 Å². The normalized spacial score (nSPS) is 19.1. The molecule has 18 heavy (non-hydrogen) atoms. The van der Waals surface area contributed by atoms with Crippen LogP contribution in [-0.4, -0.2) is 35.3 Å². The Morgan fingerprint density at radius 3 is 2.67 bits per heavy atom. The first-order valence-electron chi connectivity index (χ1n) is 5.43. The molecule has 1 fully saturated rings. The van der Waals surface area contributed by atoms with Crippen LogP contribution in [0.3, 0.4) is 0 Å². The summed E-state index contributed by atoms with van der Waals surface area (Å²) in [7, 11) is 1.57. The largest absolute Gasteiger partial charge is 0.497 e. The molecule has 1 aliphatic rings. The van der Waals surface area contributed by atoms with Crippen LogP contribution < -0.4 is 4.74 Å². The first-order valence-corrected chi connectivity index (χ1v) is 5.43. The van der Waals surface area contributed by atoms with Crippen molar-refractivity contribution in [2.75, 3.05) is 7.11 Å². The number of carboxylic acids is 1. The molecule has 0 spiro atoms. The van der Waals surface area contributed by atoms with Crippen LogP contribution in [0.4, 0.5) is 0 Å². The maximum absolute atomic E-state index is 11.5. The van der Waals surface area contributed by atoms with Gasteiger partial charge in [0.15, 0.2) is 6.10 Å². The molecule has 0 aromatic heterocycles. The van der Waals surface area contributed by atoms with Crippen LogP contribution in [0.25, 0.3) is 0 Å². The van der Waals surface area contributed by atoms with Gasteiger partial charge < -0.3 is 9.84 Å². The van der Waals surface area contributed by atoms with E-state index in [9.17, 15) is 9.59 Å². The standard InChI is InChI=1S/C12H13NO5/c1-17-9-4-2-8(3-5-9)7-13-11(14)6-10(18-13)12(15)16/h2-5,10H,6-7H2,1H3,(H,15,16). The van der Waals surface area contributed by atoms with Crippen molar-refractivity contribution < 1.29 is 24.3 Å². The van der Waals surface area contributed by atoms with Gasteiger partial charge in [0.25, 0.3) is 0 Å². The molecule has 1 aromatic carbocycles. The van der Waals surface area contributed by atoms with Crippen molar-refractivity contribution in [2.24, 2.45) is 0 Å². The van der Waals surface area contributed by atoms with Crippen LogP contribution in [0.5, 0.6) is 5.75 Å². The van der Waals surface area contributed by atoms with Gasteiger partial charge in [-0.3, -0.25) is 9.63 Å². The highest BCUT2D eigenvalue weighted by Gasteiger charge is 2.35. The van der Waals surface area contributed by atoms with Crippen LogP contribution >= 0.6 is 0 Å². The highest BCUT2D eigenvalue weighted by molar-refractivity contribution is 5.85. The van der Waals surface area contributed by atoms with Crippen LogP contribution in [0, 0.1) is 0 Å². The molecule has 0 radical (unpaired) electrons. The fourth-order valence-electron chi connectivity index (χ4n) is 1.66. The number of carbonyl (C=O) groups excluding carboxylic acids is 1. The number of methoxy groups -OCH3 is 1. The quantitative estimate of drug-likeness (QED) is 0.857. The van der Waals surface area contributed by atoms with Gasteiger partial charge in [-0.15, -0.1) is 0 Å². The van der Waals surface area contributed by atoms with Crippen molar-refractivity contribution in [1.82, 2.24) is 5.06 Å². The fourth-order valence-corrected chi connectivity index (χ4v) is 1.66. The molecule has 96 valence electrons. The third-order valence-electron chi connectivity index (χ3n) is 2.65. The maximum atomic E-state index is 11.5. The van der Waals surface area contributed by atoms with Gasteiger partial charge in [-0.05, 0) is 17.7 Å². The van der Waals surface area contributed by atoms with E-state index in [0.29, 0.717) is 0 Å². The third kappa shape index (κ3) is 2.60. The predicted molar refractivity (Wildman–Crippen MR) is 60.7 cm³/mol. The molecule has 1 amide bonds. The van der Waals surface area contributed by atoms with Gasteiger partial charge in [0.2, 0.25) is 5.91 Å². The summed E-state index contributed by atoms with van der Waals surface area (Å²) >= 11 is 0. The lowest BCUT2D eigenvalue weighted by molar-refractivity contribution is -0.187. The van der Waals surface area contributed by atoms with Crippen molar-refractivity contribution in [3.05, 3.63) is 29.8 Å². The monoisotopic (exact) mass is 251 g/mol. The lowest BCUT2D eigenvalue weighted by atomic mass is 10.2. The predicted octanol–water partition coefficient (Wildman–Crippen LogP) is 0.812. The molecule has 2 rings (SSSR count). The van der Waals surface area contributed by atoms with Gasteiger partial charge in [-0.2, -0.15) is 0 Å². The number of benzene rings is 1. The first kappa shape index (κ1) is 12.4. The van der Waals surface area contributed by atoms with E-state index in [1.54, 1.807) is 31.4 Å². The topological polar surface area (TPSA) is 76.1 Å².